The minimum atomic E-state index is -0.474. The number of nitrogens with zero attached hydrogens (tertiary/aromatic N) is 2. The van der Waals surface area contributed by atoms with E-state index in [0.717, 1.165) is 12.8 Å². The van der Waals surface area contributed by atoms with E-state index in [2.05, 4.69) is 0 Å². The highest BCUT2D eigenvalue weighted by Gasteiger charge is 2.30. The van der Waals surface area contributed by atoms with Gasteiger partial charge in [0, 0.05) is 25.7 Å². The van der Waals surface area contributed by atoms with E-state index in [1.165, 1.54) is 0 Å². The average molecular weight is 305 g/mol. The first-order chi connectivity index (χ1) is 9.28. The molecule has 0 aliphatic carbocycles. The minimum Gasteiger partial charge on any atom is -0.444 e. The van der Waals surface area contributed by atoms with Crippen LogP contribution in [0, 0.1) is 0 Å². The van der Waals surface area contributed by atoms with Crippen LogP contribution in [0.15, 0.2) is 0 Å². The Labute approximate surface area is 126 Å². The van der Waals surface area contributed by atoms with Gasteiger partial charge in [-0.25, -0.2) is 4.79 Å². The second kappa shape index (κ2) is 7.16. The van der Waals surface area contributed by atoms with Crippen LogP contribution in [-0.2, 0) is 9.53 Å². The summed E-state index contributed by atoms with van der Waals surface area (Å²) < 4.78 is 5.35. The second-order valence-electron chi connectivity index (χ2n) is 6.01. The number of carbonyl (C=O) groups is 2. The fourth-order valence-electron chi connectivity index (χ4n) is 2.40. The molecule has 116 valence electrons. The minimum absolute atomic E-state index is 0.0140. The molecule has 0 aromatic heterocycles. The number of hydrogen-bond donors (Lipinski definition) is 0. The second-order valence-corrected chi connectivity index (χ2v) is 6.28. The van der Waals surface area contributed by atoms with Crippen LogP contribution in [0.2, 0.25) is 0 Å². The Morgan fingerprint density at radius 1 is 1.30 bits per heavy atom. The molecule has 20 heavy (non-hydrogen) atoms. The molecule has 0 spiro atoms. The Bertz CT molecular complexity index is 347. The van der Waals surface area contributed by atoms with Gasteiger partial charge in [0.15, 0.2) is 0 Å². The number of halogens is 1. The summed E-state index contributed by atoms with van der Waals surface area (Å²) in [6.07, 6.45) is 1.27. The van der Waals surface area contributed by atoms with Crippen molar-refractivity contribution < 1.29 is 14.3 Å². The molecule has 0 radical (unpaired) electrons. The molecular formula is C14H25ClN2O3. The lowest BCUT2D eigenvalue weighted by Gasteiger charge is -2.38. The van der Waals surface area contributed by atoms with Gasteiger partial charge < -0.3 is 14.5 Å². The summed E-state index contributed by atoms with van der Waals surface area (Å²) in [6.45, 7) is 9.41. The fraction of sp³-hybridized carbons (Fsp3) is 0.857. The van der Waals surface area contributed by atoms with Gasteiger partial charge in [0.25, 0.3) is 0 Å². The summed E-state index contributed by atoms with van der Waals surface area (Å²) in [7, 11) is 0. The quantitative estimate of drug-likeness (QED) is 0.753. The summed E-state index contributed by atoms with van der Waals surface area (Å²) in [5.41, 5.74) is -0.474. The molecule has 5 nitrogen and oxygen atoms in total. The lowest BCUT2D eigenvalue weighted by Crippen LogP contribution is -2.49. The Balaban J connectivity index is 2.51. The van der Waals surface area contributed by atoms with Crippen LogP contribution in [0.5, 0.6) is 0 Å². The first-order valence-electron chi connectivity index (χ1n) is 7.12. The van der Waals surface area contributed by atoms with Gasteiger partial charge in [-0.2, -0.15) is 0 Å². The van der Waals surface area contributed by atoms with Crippen LogP contribution in [0.4, 0.5) is 4.79 Å². The molecular weight excluding hydrogens is 280 g/mol. The number of ether oxygens (including phenoxy) is 1. The van der Waals surface area contributed by atoms with Crippen molar-refractivity contribution in [3.63, 3.8) is 0 Å². The Morgan fingerprint density at radius 3 is 2.25 bits per heavy atom. The lowest BCUT2D eigenvalue weighted by molar-refractivity contribution is -0.131. The van der Waals surface area contributed by atoms with E-state index in [9.17, 15) is 9.59 Å². The molecule has 0 saturated carbocycles. The third kappa shape index (κ3) is 4.85. The fourth-order valence-corrected chi connectivity index (χ4v) is 2.56. The molecule has 1 aliphatic heterocycles. The highest BCUT2D eigenvalue weighted by Crippen LogP contribution is 2.19. The zero-order valence-electron chi connectivity index (χ0n) is 12.8. The summed E-state index contributed by atoms with van der Waals surface area (Å²) in [5.74, 6) is -0.0231. The SMILES string of the molecule is CCN(C(=O)CCl)C1CCN(C(=O)OC(C)(C)C)CC1. The number of carbonyl (C=O) groups excluding carboxylic acids is 2. The Hall–Kier alpha value is -0.970. The molecule has 1 heterocycles. The summed E-state index contributed by atoms with van der Waals surface area (Å²) in [4.78, 5) is 27.2. The van der Waals surface area contributed by atoms with E-state index in [1.807, 2.05) is 27.7 Å². The zero-order chi connectivity index (χ0) is 15.3. The van der Waals surface area contributed by atoms with Crippen LogP contribution >= 0.6 is 11.6 Å². The number of hydrogen-bond acceptors (Lipinski definition) is 3. The molecule has 2 amide bonds. The highest BCUT2D eigenvalue weighted by molar-refractivity contribution is 6.27. The maximum atomic E-state index is 12.0. The smallest absolute Gasteiger partial charge is 0.410 e. The van der Waals surface area contributed by atoms with Crippen LogP contribution in [0.25, 0.3) is 0 Å². The van der Waals surface area contributed by atoms with Crippen LogP contribution in [0.3, 0.4) is 0 Å². The van der Waals surface area contributed by atoms with E-state index in [4.69, 9.17) is 16.3 Å². The van der Waals surface area contributed by atoms with E-state index < -0.39 is 5.60 Å². The van der Waals surface area contributed by atoms with Crippen LogP contribution in [0.1, 0.15) is 40.5 Å². The van der Waals surface area contributed by atoms with Gasteiger partial charge >= 0.3 is 6.09 Å². The van der Waals surface area contributed by atoms with Crippen molar-refractivity contribution in [3.05, 3.63) is 0 Å². The zero-order valence-corrected chi connectivity index (χ0v) is 13.6. The normalized spacial score (nSPS) is 16.9. The van der Waals surface area contributed by atoms with Gasteiger partial charge in [-0.05, 0) is 40.5 Å². The third-order valence-corrected chi connectivity index (χ3v) is 3.56. The number of alkyl halides is 1. The predicted molar refractivity (Wildman–Crippen MR) is 78.9 cm³/mol. The molecule has 0 unspecified atom stereocenters. The third-order valence-electron chi connectivity index (χ3n) is 3.33. The number of likely N-dealkylation sites (tertiary alicyclic amines) is 1. The Kier molecular flexibility index (Phi) is 6.11. The van der Waals surface area contributed by atoms with Crippen molar-refractivity contribution in [2.24, 2.45) is 0 Å². The summed E-state index contributed by atoms with van der Waals surface area (Å²) in [5, 5.41) is 0. The van der Waals surface area contributed by atoms with Crippen LogP contribution < -0.4 is 0 Å². The van der Waals surface area contributed by atoms with Gasteiger partial charge in [-0.1, -0.05) is 0 Å². The van der Waals surface area contributed by atoms with E-state index >= 15 is 0 Å². The van der Waals surface area contributed by atoms with Crippen LogP contribution in [-0.4, -0.2) is 59.0 Å². The first kappa shape index (κ1) is 17.1. The van der Waals surface area contributed by atoms with E-state index in [1.54, 1.807) is 9.80 Å². The molecule has 1 saturated heterocycles. The molecule has 6 heteroatoms. The van der Waals surface area contributed by atoms with Gasteiger partial charge in [0.2, 0.25) is 5.91 Å². The molecule has 0 N–H and O–H groups in total. The molecule has 1 rings (SSSR count). The maximum Gasteiger partial charge on any atom is 0.410 e. The van der Waals surface area contributed by atoms with E-state index in [0.29, 0.717) is 19.6 Å². The summed E-state index contributed by atoms with van der Waals surface area (Å²) in [6, 6.07) is 0.171. The van der Waals surface area contributed by atoms with Crippen molar-refractivity contribution in [1.29, 1.82) is 0 Å². The molecule has 1 fully saturated rings. The predicted octanol–water partition coefficient (Wildman–Crippen LogP) is 2.47. The van der Waals surface area contributed by atoms with Crippen molar-refractivity contribution in [1.82, 2.24) is 9.80 Å². The number of rotatable bonds is 3. The standard InChI is InChI=1S/C14H25ClN2O3/c1-5-17(12(18)10-15)11-6-8-16(9-7-11)13(19)20-14(2,3)4/h11H,5-10H2,1-4H3. The van der Waals surface area contributed by atoms with Crippen molar-refractivity contribution in [2.75, 3.05) is 25.5 Å². The number of piperidine rings is 1. The molecule has 1 aliphatic rings. The maximum absolute atomic E-state index is 12.0. The van der Waals surface area contributed by atoms with Gasteiger partial charge in [0.05, 0.1) is 0 Å². The summed E-state index contributed by atoms with van der Waals surface area (Å²) >= 11 is 5.62. The van der Waals surface area contributed by atoms with Crippen molar-refractivity contribution >= 4 is 23.6 Å². The van der Waals surface area contributed by atoms with Gasteiger partial charge in [-0.15, -0.1) is 11.6 Å². The lowest BCUT2D eigenvalue weighted by atomic mass is 10.0. The molecule has 0 aromatic rings. The van der Waals surface area contributed by atoms with Crippen molar-refractivity contribution in [2.45, 2.75) is 52.2 Å². The number of amides is 2. The molecule has 0 bridgehead atoms. The first-order valence-corrected chi connectivity index (χ1v) is 7.65. The molecule has 0 atom stereocenters. The average Bonchev–Trinajstić information content (AvgIpc) is 2.38. The monoisotopic (exact) mass is 304 g/mol. The van der Waals surface area contributed by atoms with Gasteiger partial charge in [-0.3, -0.25) is 4.79 Å². The van der Waals surface area contributed by atoms with Gasteiger partial charge in [0.1, 0.15) is 11.5 Å². The largest absolute Gasteiger partial charge is 0.444 e. The van der Waals surface area contributed by atoms with Crippen molar-refractivity contribution in [3.8, 4) is 0 Å². The van der Waals surface area contributed by atoms with E-state index in [-0.39, 0.29) is 23.9 Å². The topological polar surface area (TPSA) is 49.9 Å². The Morgan fingerprint density at radius 2 is 1.85 bits per heavy atom. The highest BCUT2D eigenvalue weighted by atomic mass is 35.5. The molecule has 0 aromatic carbocycles.